The zero-order valence-corrected chi connectivity index (χ0v) is 17.2. The molecule has 2 aromatic rings. The number of amides is 1. The van der Waals surface area contributed by atoms with Crippen molar-refractivity contribution in [2.75, 3.05) is 5.75 Å². The van der Waals surface area contributed by atoms with Crippen LogP contribution in [0.5, 0.6) is 5.75 Å². The van der Waals surface area contributed by atoms with Gasteiger partial charge in [0.15, 0.2) is 17.1 Å². The number of thioether (sulfide) groups is 1. The number of halogens is 1. The predicted molar refractivity (Wildman–Crippen MR) is 107 cm³/mol. The highest BCUT2D eigenvalue weighted by molar-refractivity contribution is 7.99. The molecule has 27 heavy (non-hydrogen) atoms. The van der Waals surface area contributed by atoms with Crippen molar-refractivity contribution >= 4 is 29.3 Å². The van der Waals surface area contributed by atoms with Gasteiger partial charge in [-0.2, -0.15) is 0 Å². The first kappa shape index (κ1) is 20.0. The molecule has 1 aromatic heterocycles. The molecule has 6 nitrogen and oxygen atoms in total. The van der Waals surface area contributed by atoms with Gasteiger partial charge in [0.2, 0.25) is 5.91 Å². The van der Waals surface area contributed by atoms with E-state index in [4.69, 9.17) is 16.3 Å². The van der Waals surface area contributed by atoms with Gasteiger partial charge < -0.3 is 14.6 Å². The maximum absolute atomic E-state index is 12.2. The number of carbonyl (C=O) groups excluding carboxylic acids is 1. The standard InChI is InChI=1S/C19H25ClN4O2S/c1-13(26-16-10-6-7-14(20)11-16)18-22-23-19(24(18)2)27-12-17(25)21-15-8-4-3-5-9-15/h6-7,10-11,13,15H,3-5,8-9,12H2,1-2H3,(H,21,25). The van der Waals surface area contributed by atoms with Crippen molar-refractivity contribution in [2.24, 2.45) is 7.05 Å². The van der Waals surface area contributed by atoms with Gasteiger partial charge in [-0.05, 0) is 38.0 Å². The van der Waals surface area contributed by atoms with Crippen molar-refractivity contribution in [1.82, 2.24) is 20.1 Å². The largest absolute Gasteiger partial charge is 0.483 e. The van der Waals surface area contributed by atoms with Crippen LogP contribution >= 0.6 is 23.4 Å². The summed E-state index contributed by atoms with van der Waals surface area (Å²) in [7, 11) is 1.88. The van der Waals surface area contributed by atoms with E-state index in [0.29, 0.717) is 33.5 Å². The van der Waals surface area contributed by atoms with Gasteiger partial charge in [0.25, 0.3) is 0 Å². The SMILES string of the molecule is CC(Oc1cccc(Cl)c1)c1nnc(SCC(=O)NC2CCCCC2)n1C. The van der Waals surface area contributed by atoms with E-state index in [1.807, 2.05) is 30.7 Å². The fraction of sp³-hybridized carbons (Fsp3) is 0.526. The first-order valence-electron chi connectivity index (χ1n) is 9.26. The molecule has 0 aliphatic heterocycles. The van der Waals surface area contributed by atoms with Crippen LogP contribution in [0, 0.1) is 0 Å². The summed E-state index contributed by atoms with van der Waals surface area (Å²) in [5.41, 5.74) is 0. The monoisotopic (exact) mass is 408 g/mol. The maximum atomic E-state index is 12.2. The Labute approximate surface area is 169 Å². The van der Waals surface area contributed by atoms with E-state index in [1.54, 1.807) is 12.1 Å². The Balaban J connectivity index is 1.53. The molecule has 0 bridgehead atoms. The topological polar surface area (TPSA) is 69.0 Å². The number of rotatable bonds is 7. The summed E-state index contributed by atoms with van der Waals surface area (Å²) < 4.78 is 7.77. The van der Waals surface area contributed by atoms with Gasteiger partial charge in [0, 0.05) is 18.1 Å². The summed E-state index contributed by atoms with van der Waals surface area (Å²) in [6.07, 6.45) is 5.57. The molecule has 1 unspecified atom stereocenters. The zero-order chi connectivity index (χ0) is 19.2. The summed E-state index contributed by atoms with van der Waals surface area (Å²) in [4.78, 5) is 12.2. The van der Waals surface area contributed by atoms with E-state index >= 15 is 0 Å². The second kappa shape index (κ2) is 9.46. The van der Waals surface area contributed by atoms with Gasteiger partial charge in [-0.3, -0.25) is 4.79 Å². The number of ether oxygens (including phenoxy) is 1. The summed E-state index contributed by atoms with van der Waals surface area (Å²) >= 11 is 7.39. The Morgan fingerprint density at radius 3 is 2.89 bits per heavy atom. The third-order valence-electron chi connectivity index (χ3n) is 4.64. The molecule has 1 aliphatic carbocycles. The highest BCUT2D eigenvalue weighted by Gasteiger charge is 2.19. The van der Waals surface area contributed by atoms with Crippen LogP contribution in [0.15, 0.2) is 29.4 Å². The summed E-state index contributed by atoms with van der Waals surface area (Å²) in [6.45, 7) is 1.91. The van der Waals surface area contributed by atoms with Gasteiger partial charge in [0.05, 0.1) is 5.75 Å². The Hall–Kier alpha value is -1.73. The van der Waals surface area contributed by atoms with Gasteiger partial charge in [-0.25, -0.2) is 0 Å². The summed E-state index contributed by atoms with van der Waals surface area (Å²) in [5, 5.41) is 12.9. The molecular formula is C19H25ClN4O2S. The van der Waals surface area contributed by atoms with Crippen LogP contribution in [0.1, 0.15) is 51.0 Å². The Kier molecular flexibility index (Phi) is 7.01. The molecule has 1 amide bonds. The van der Waals surface area contributed by atoms with Crippen LogP contribution in [0.2, 0.25) is 5.02 Å². The van der Waals surface area contributed by atoms with E-state index in [2.05, 4.69) is 15.5 Å². The Bertz CT molecular complexity index is 777. The minimum Gasteiger partial charge on any atom is -0.483 e. The molecule has 0 radical (unpaired) electrons. The highest BCUT2D eigenvalue weighted by Crippen LogP contribution is 2.25. The van der Waals surface area contributed by atoms with Crippen LogP contribution in [0.4, 0.5) is 0 Å². The molecule has 3 rings (SSSR count). The Morgan fingerprint density at radius 2 is 2.15 bits per heavy atom. The molecule has 1 saturated carbocycles. The normalized spacial score (nSPS) is 16.1. The molecular weight excluding hydrogens is 384 g/mol. The van der Waals surface area contributed by atoms with Crippen LogP contribution in [0.3, 0.4) is 0 Å². The fourth-order valence-electron chi connectivity index (χ4n) is 3.25. The maximum Gasteiger partial charge on any atom is 0.230 e. The smallest absolute Gasteiger partial charge is 0.230 e. The second-order valence-electron chi connectivity index (χ2n) is 6.81. The van der Waals surface area contributed by atoms with E-state index in [0.717, 1.165) is 12.8 Å². The van der Waals surface area contributed by atoms with E-state index in [9.17, 15) is 4.79 Å². The number of hydrogen-bond donors (Lipinski definition) is 1. The van der Waals surface area contributed by atoms with Gasteiger partial charge in [0.1, 0.15) is 5.75 Å². The van der Waals surface area contributed by atoms with E-state index < -0.39 is 0 Å². The van der Waals surface area contributed by atoms with E-state index in [1.165, 1.54) is 31.0 Å². The van der Waals surface area contributed by atoms with Crippen molar-refractivity contribution in [3.05, 3.63) is 35.1 Å². The van der Waals surface area contributed by atoms with Crippen molar-refractivity contribution in [2.45, 2.75) is 56.3 Å². The number of nitrogens with one attached hydrogen (secondary N) is 1. The zero-order valence-electron chi connectivity index (χ0n) is 15.7. The van der Waals surface area contributed by atoms with Crippen LogP contribution in [-0.4, -0.2) is 32.5 Å². The Morgan fingerprint density at radius 1 is 1.37 bits per heavy atom. The molecule has 1 fully saturated rings. The molecule has 0 saturated heterocycles. The third kappa shape index (κ3) is 5.62. The minimum absolute atomic E-state index is 0.0553. The lowest BCUT2D eigenvalue weighted by molar-refractivity contribution is -0.119. The molecule has 1 N–H and O–H groups in total. The summed E-state index contributed by atoms with van der Waals surface area (Å²) in [5.74, 6) is 1.77. The van der Waals surface area contributed by atoms with Crippen molar-refractivity contribution in [3.8, 4) is 5.75 Å². The average molecular weight is 409 g/mol. The number of hydrogen-bond acceptors (Lipinski definition) is 5. The number of benzene rings is 1. The molecule has 1 aromatic carbocycles. The van der Waals surface area contributed by atoms with Gasteiger partial charge in [-0.15, -0.1) is 10.2 Å². The van der Waals surface area contributed by atoms with Gasteiger partial charge in [-0.1, -0.05) is 48.7 Å². The fourth-order valence-corrected chi connectivity index (χ4v) is 4.16. The van der Waals surface area contributed by atoms with Gasteiger partial charge >= 0.3 is 0 Å². The lowest BCUT2D eigenvalue weighted by atomic mass is 9.95. The van der Waals surface area contributed by atoms with Crippen LogP contribution in [0.25, 0.3) is 0 Å². The molecule has 0 spiro atoms. The summed E-state index contributed by atoms with van der Waals surface area (Å²) in [6, 6.07) is 7.58. The first-order chi connectivity index (χ1) is 13.0. The lowest BCUT2D eigenvalue weighted by Gasteiger charge is -2.22. The molecule has 8 heteroatoms. The first-order valence-corrected chi connectivity index (χ1v) is 10.6. The average Bonchev–Trinajstić information content (AvgIpc) is 3.01. The quantitative estimate of drug-likeness (QED) is 0.697. The minimum atomic E-state index is -0.286. The number of aromatic nitrogens is 3. The molecule has 1 atom stereocenters. The van der Waals surface area contributed by atoms with Crippen LogP contribution < -0.4 is 10.1 Å². The third-order valence-corrected chi connectivity index (χ3v) is 5.90. The number of nitrogens with zero attached hydrogens (tertiary/aromatic N) is 3. The predicted octanol–water partition coefficient (Wildman–Crippen LogP) is 4.15. The molecule has 146 valence electrons. The lowest BCUT2D eigenvalue weighted by Crippen LogP contribution is -2.37. The highest BCUT2D eigenvalue weighted by atomic mass is 35.5. The molecule has 1 heterocycles. The van der Waals surface area contributed by atoms with Crippen LogP contribution in [-0.2, 0) is 11.8 Å². The van der Waals surface area contributed by atoms with E-state index in [-0.39, 0.29) is 12.0 Å². The van der Waals surface area contributed by atoms with Crippen molar-refractivity contribution < 1.29 is 9.53 Å². The number of carbonyl (C=O) groups is 1. The van der Waals surface area contributed by atoms with Crippen molar-refractivity contribution in [1.29, 1.82) is 0 Å². The molecule has 1 aliphatic rings. The second-order valence-corrected chi connectivity index (χ2v) is 8.19. The van der Waals surface area contributed by atoms with Crippen molar-refractivity contribution in [3.63, 3.8) is 0 Å².